The van der Waals surface area contributed by atoms with E-state index >= 15 is 0 Å². The molecular weight excluding hydrogens is 367 g/mol. The highest BCUT2D eigenvalue weighted by Crippen LogP contribution is 2.32. The molecule has 1 atom stereocenters. The van der Waals surface area contributed by atoms with Crippen LogP contribution in [0.15, 0.2) is 79.4 Å². The van der Waals surface area contributed by atoms with E-state index in [0.717, 1.165) is 5.56 Å². The first-order valence-electron chi connectivity index (χ1n) is 8.26. The molecular formula is C21H16Cl2N2O. The number of imidazole rings is 1. The van der Waals surface area contributed by atoms with E-state index in [1.807, 2.05) is 29.0 Å². The monoisotopic (exact) mass is 382 g/mol. The number of aromatic nitrogens is 2. The maximum Gasteiger partial charge on any atom is 0.142 e. The van der Waals surface area contributed by atoms with Crippen LogP contribution in [-0.2, 0) is 6.54 Å². The van der Waals surface area contributed by atoms with E-state index in [1.54, 1.807) is 24.7 Å². The lowest BCUT2D eigenvalue weighted by atomic mass is 10.00. The van der Waals surface area contributed by atoms with Gasteiger partial charge in [-0.15, -0.1) is 0 Å². The van der Waals surface area contributed by atoms with E-state index in [-0.39, 0.29) is 6.10 Å². The zero-order valence-corrected chi connectivity index (χ0v) is 15.4. The summed E-state index contributed by atoms with van der Waals surface area (Å²) in [6.45, 7) is 0.633. The van der Waals surface area contributed by atoms with Crippen molar-refractivity contribution in [1.29, 1.82) is 0 Å². The van der Waals surface area contributed by atoms with Gasteiger partial charge in [-0.3, -0.25) is 0 Å². The average molecular weight is 383 g/mol. The Hall–Kier alpha value is -2.49. The van der Waals surface area contributed by atoms with Gasteiger partial charge in [-0.1, -0.05) is 65.7 Å². The Bertz CT molecular complexity index is 1030. The highest BCUT2D eigenvalue weighted by molar-refractivity contribution is 6.42. The van der Waals surface area contributed by atoms with Crippen molar-refractivity contribution >= 4 is 34.0 Å². The fourth-order valence-corrected chi connectivity index (χ4v) is 3.32. The van der Waals surface area contributed by atoms with Crippen molar-refractivity contribution in [2.45, 2.75) is 12.6 Å². The molecule has 0 saturated heterocycles. The van der Waals surface area contributed by atoms with E-state index in [9.17, 15) is 0 Å². The Morgan fingerprint density at radius 2 is 1.81 bits per heavy atom. The molecule has 4 aromatic rings. The van der Waals surface area contributed by atoms with Crippen LogP contribution < -0.4 is 4.74 Å². The summed E-state index contributed by atoms with van der Waals surface area (Å²) < 4.78 is 8.33. The number of fused-ring (bicyclic) bond motifs is 1. The molecule has 26 heavy (non-hydrogen) atoms. The smallest absolute Gasteiger partial charge is 0.142 e. The van der Waals surface area contributed by atoms with Gasteiger partial charge < -0.3 is 9.30 Å². The molecule has 0 bridgehead atoms. The molecule has 4 rings (SSSR count). The maximum absolute atomic E-state index is 6.33. The van der Waals surface area contributed by atoms with Crippen molar-refractivity contribution in [3.8, 4) is 5.75 Å². The van der Waals surface area contributed by atoms with Crippen LogP contribution >= 0.6 is 23.2 Å². The predicted molar refractivity (Wildman–Crippen MR) is 106 cm³/mol. The third kappa shape index (κ3) is 3.55. The molecule has 0 aliphatic carbocycles. The summed E-state index contributed by atoms with van der Waals surface area (Å²) in [5.74, 6) is 0.678. The van der Waals surface area contributed by atoms with Gasteiger partial charge in [-0.05, 0) is 22.9 Å². The second-order valence-electron chi connectivity index (χ2n) is 6.01. The topological polar surface area (TPSA) is 27.1 Å². The molecule has 130 valence electrons. The van der Waals surface area contributed by atoms with Gasteiger partial charge in [0, 0.05) is 24.0 Å². The summed E-state index contributed by atoms with van der Waals surface area (Å²) in [6, 6.07) is 19.9. The fraction of sp³-hybridized carbons (Fsp3) is 0.0952. The minimum absolute atomic E-state index is 0.201. The van der Waals surface area contributed by atoms with Crippen molar-refractivity contribution in [3.63, 3.8) is 0 Å². The minimum Gasteiger partial charge on any atom is -0.484 e. The molecule has 0 N–H and O–H groups in total. The van der Waals surface area contributed by atoms with E-state index in [1.165, 1.54) is 10.8 Å². The SMILES string of the molecule is Clc1ccc(OC(Cn2ccnc2)c2cccc3ccccc23)cc1Cl. The van der Waals surface area contributed by atoms with Crippen molar-refractivity contribution in [1.82, 2.24) is 9.55 Å². The summed E-state index contributed by atoms with van der Waals surface area (Å²) in [5, 5.41) is 3.33. The Morgan fingerprint density at radius 3 is 2.62 bits per heavy atom. The molecule has 1 heterocycles. The molecule has 1 unspecified atom stereocenters. The van der Waals surface area contributed by atoms with Crippen LogP contribution in [0, 0.1) is 0 Å². The lowest BCUT2D eigenvalue weighted by Crippen LogP contribution is -2.15. The van der Waals surface area contributed by atoms with E-state index < -0.39 is 0 Å². The maximum atomic E-state index is 6.33. The lowest BCUT2D eigenvalue weighted by molar-refractivity contribution is 0.185. The van der Waals surface area contributed by atoms with Crippen LogP contribution in [0.3, 0.4) is 0 Å². The average Bonchev–Trinajstić information content (AvgIpc) is 3.17. The lowest BCUT2D eigenvalue weighted by Gasteiger charge is -2.22. The Balaban J connectivity index is 1.75. The van der Waals surface area contributed by atoms with Crippen LogP contribution in [0.5, 0.6) is 5.75 Å². The van der Waals surface area contributed by atoms with Gasteiger partial charge in [-0.2, -0.15) is 0 Å². The number of rotatable bonds is 5. The van der Waals surface area contributed by atoms with E-state index in [0.29, 0.717) is 22.3 Å². The molecule has 3 nitrogen and oxygen atoms in total. The van der Waals surface area contributed by atoms with Crippen LogP contribution in [0.2, 0.25) is 10.0 Å². The Labute approximate surface area is 161 Å². The van der Waals surface area contributed by atoms with E-state index in [4.69, 9.17) is 27.9 Å². The summed E-state index contributed by atoms with van der Waals surface area (Å²) in [5.41, 5.74) is 1.11. The number of benzene rings is 3. The first kappa shape index (κ1) is 17.0. The van der Waals surface area contributed by atoms with Gasteiger partial charge >= 0.3 is 0 Å². The Morgan fingerprint density at radius 1 is 0.962 bits per heavy atom. The summed E-state index contributed by atoms with van der Waals surface area (Å²) in [7, 11) is 0. The molecule has 1 aromatic heterocycles. The van der Waals surface area contributed by atoms with Crippen molar-refractivity contribution in [3.05, 3.63) is 95.0 Å². The second kappa shape index (κ2) is 7.40. The quantitative estimate of drug-likeness (QED) is 0.413. The molecule has 0 aliphatic heterocycles. The van der Waals surface area contributed by atoms with E-state index in [2.05, 4.69) is 35.3 Å². The number of ether oxygens (including phenoxy) is 1. The minimum atomic E-state index is -0.201. The number of nitrogens with zero attached hydrogens (tertiary/aromatic N) is 2. The van der Waals surface area contributed by atoms with Gasteiger partial charge in [0.25, 0.3) is 0 Å². The second-order valence-corrected chi connectivity index (χ2v) is 6.82. The van der Waals surface area contributed by atoms with Gasteiger partial charge in [0.2, 0.25) is 0 Å². The third-order valence-corrected chi connectivity index (χ3v) is 5.01. The highest BCUT2D eigenvalue weighted by Gasteiger charge is 2.17. The molecule has 0 amide bonds. The van der Waals surface area contributed by atoms with Gasteiger partial charge in [-0.25, -0.2) is 4.98 Å². The molecule has 0 fully saturated rings. The van der Waals surface area contributed by atoms with Crippen molar-refractivity contribution in [2.24, 2.45) is 0 Å². The fourth-order valence-electron chi connectivity index (χ4n) is 3.03. The van der Waals surface area contributed by atoms with Crippen LogP contribution in [0.4, 0.5) is 0 Å². The molecule has 3 aromatic carbocycles. The van der Waals surface area contributed by atoms with Crippen LogP contribution in [0.1, 0.15) is 11.7 Å². The largest absolute Gasteiger partial charge is 0.484 e. The summed E-state index contributed by atoms with van der Waals surface area (Å²) in [6.07, 6.45) is 5.28. The van der Waals surface area contributed by atoms with Gasteiger partial charge in [0.1, 0.15) is 11.9 Å². The normalized spacial score (nSPS) is 12.2. The zero-order valence-electron chi connectivity index (χ0n) is 13.8. The zero-order chi connectivity index (χ0) is 17.9. The molecule has 0 saturated carbocycles. The molecule has 0 radical (unpaired) electrons. The third-order valence-electron chi connectivity index (χ3n) is 4.28. The van der Waals surface area contributed by atoms with Crippen LogP contribution in [-0.4, -0.2) is 9.55 Å². The summed E-state index contributed by atoms with van der Waals surface area (Å²) >= 11 is 12.2. The number of halogens is 2. The number of hydrogen-bond donors (Lipinski definition) is 0. The predicted octanol–water partition coefficient (Wildman–Crippen LogP) is 6.16. The van der Waals surface area contributed by atoms with Crippen molar-refractivity contribution < 1.29 is 4.74 Å². The first-order chi connectivity index (χ1) is 12.7. The van der Waals surface area contributed by atoms with Gasteiger partial charge in [0.05, 0.1) is 22.9 Å². The molecule has 0 aliphatic rings. The molecule has 5 heteroatoms. The van der Waals surface area contributed by atoms with Crippen LogP contribution in [0.25, 0.3) is 10.8 Å². The standard InChI is InChI=1S/C21H16Cl2N2O/c22-19-9-8-16(12-20(19)23)26-21(13-25-11-10-24-14-25)18-7-3-5-15-4-1-2-6-17(15)18/h1-12,14,21H,13H2. The highest BCUT2D eigenvalue weighted by atomic mass is 35.5. The first-order valence-corrected chi connectivity index (χ1v) is 9.01. The van der Waals surface area contributed by atoms with Gasteiger partial charge in [0.15, 0.2) is 0 Å². The summed E-state index contributed by atoms with van der Waals surface area (Å²) in [4.78, 5) is 4.13. The number of hydrogen-bond acceptors (Lipinski definition) is 2. The van der Waals surface area contributed by atoms with Crippen molar-refractivity contribution in [2.75, 3.05) is 0 Å². The Kier molecular flexibility index (Phi) is 4.83. The molecule has 0 spiro atoms.